The molecule has 2 aromatic heterocycles. The second kappa shape index (κ2) is 5.40. The Morgan fingerprint density at radius 2 is 2.00 bits per heavy atom. The fourth-order valence-electron chi connectivity index (χ4n) is 1.92. The molecule has 0 radical (unpaired) electrons. The first kappa shape index (κ1) is 12.2. The number of benzene rings is 1. The smallest absolute Gasteiger partial charge is 0.171 e. The Morgan fingerprint density at radius 1 is 1.16 bits per heavy atom. The van der Waals surface area contributed by atoms with Gasteiger partial charge in [0.15, 0.2) is 5.65 Å². The highest BCUT2D eigenvalue weighted by atomic mass is 79.9. The Balaban J connectivity index is 1.67. The van der Waals surface area contributed by atoms with Gasteiger partial charge in [0.05, 0.1) is 10.7 Å². The van der Waals surface area contributed by atoms with Crippen molar-refractivity contribution in [1.82, 2.24) is 14.6 Å². The van der Waals surface area contributed by atoms with E-state index in [2.05, 4.69) is 55.6 Å². The molecule has 96 valence electrons. The molecule has 5 heteroatoms. The normalized spacial score (nSPS) is 10.8. The lowest BCUT2D eigenvalue weighted by atomic mass is 10.1. The van der Waals surface area contributed by atoms with Gasteiger partial charge in [0.25, 0.3) is 0 Å². The van der Waals surface area contributed by atoms with Crippen LogP contribution in [-0.2, 0) is 6.42 Å². The van der Waals surface area contributed by atoms with Gasteiger partial charge in [-0.25, -0.2) is 9.50 Å². The van der Waals surface area contributed by atoms with Crippen LogP contribution < -0.4 is 5.32 Å². The molecule has 1 N–H and O–H groups in total. The molecule has 0 aliphatic rings. The van der Waals surface area contributed by atoms with E-state index in [1.165, 1.54) is 5.56 Å². The molecule has 19 heavy (non-hydrogen) atoms. The van der Waals surface area contributed by atoms with E-state index in [9.17, 15) is 0 Å². The molecular formula is C14H13BrN4. The summed E-state index contributed by atoms with van der Waals surface area (Å²) in [5.74, 6) is 0.865. The summed E-state index contributed by atoms with van der Waals surface area (Å²) < 4.78 is 2.64. The first-order valence-electron chi connectivity index (χ1n) is 6.10. The second-order valence-corrected chi connectivity index (χ2v) is 5.09. The zero-order valence-corrected chi connectivity index (χ0v) is 11.8. The zero-order chi connectivity index (χ0) is 13.1. The lowest BCUT2D eigenvalue weighted by Crippen LogP contribution is -2.07. The van der Waals surface area contributed by atoms with Gasteiger partial charge in [0, 0.05) is 12.7 Å². The number of nitrogens with one attached hydrogen (secondary N) is 1. The molecule has 4 nitrogen and oxygen atoms in total. The fraction of sp³-hybridized carbons (Fsp3) is 0.143. The molecule has 3 rings (SSSR count). The molecule has 0 saturated heterocycles. The third-order valence-electron chi connectivity index (χ3n) is 2.89. The van der Waals surface area contributed by atoms with E-state index in [0.29, 0.717) is 0 Å². The SMILES string of the molecule is Brc1cnn2ccc(NCCc3ccccc3)nc12. The molecule has 1 aromatic carbocycles. The van der Waals surface area contributed by atoms with Gasteiger partial charge in [-0.15, -0.1) is 0 Å². The molecule has 0 aliphatic carbocycles. The van der Waals surface area contributed by atoms with Crippen LogP contribution in [0.15, 0.2) is 53.3 Å². The highest BCUT2D eigenvalue weighted by Gasteiger charge is 2.03. The number of hydrogen-bond donors (Lipinski definition) is 1. The molecule has 0 atom stereocenters. The molecule has 3 aromatic rings. The first-order valence-corrected chi connectivity index (χ1v) is 6.90. The standard InChI is InChI=1S/C14H13BrN4/c15-12-10-17-19-9-7-13(18-14(12)19)16-8-6-11-4-2-1-3-5-11/h1-5,7,9-10H,6,8H2,(H,16,18). The van der Waals surface area contributed by atoms with Gasteiger partial charge in [-0.3, -0.25) is 0 Å². The highest BCUT2D eigenvalue weighted by Crippen LogP contribution is 2.16. The average Bonchev–Trinajstić information content (AvgIpc) is 2.82. The summed E-state index contributed by atoms with van der Waals surface area (Å²) in [6.07, 6.45) is 4.63. The maximum atomic E-state index is 4.51. The predicted octanol–water partition coefficient (Wildman–Crippen LogP) is 3.15. The van der Waals surface area contributed by atoms with Gasteiger partial charge in [0.2, 0.25) is 0 Å². The van der Waals surface area contributed by atoms with Crippen LogP contribution in [0.2, 0.25) is 0 Å². The lowest BCUT2D eigenvalue weighted by molar-refractivity contribution is 0.932. The third kappa shape index (κ3) is 2.76. The van der Waals surface area contributed by atoms with Gasteiger partial charge < -0.3 is 5.32 Å². The van der Waals surface area contributed by atoms with Crippen molar-refractivity contribution in [3.63, 3.8) is 0 Å². The molecule has 0 bridgehead atoms. The van der Waals surface area contributed by atoms with Crippen LogP contribution in [0.25, 0.3) is 5.65 Å². The van der Waals surface area contributed by atoms with E-state index >= 15 is 0 Å². The minimum Gasteiger partial charge on any atom is -0.370 e. The van der Waals surface area contributed by atoms with Gasteiger partial charge in [-0.1, -0.05) is 30.3 Å². The van der Waals surface area contributed by atoms with E-state index < -0.39 is 0 Å². The molecule has 0 spiro atoms. The predicted molar refractivity (Wildman–Crippen MR) is 79.3 cm³/mol. The van der Waals surface area contributed by atoms with Crippen molar-refractivity contribution in [1.29, 1.82) is 0 Å². The van der Waals surface area contributed by atoms with Crippen molar-refractivity contribution >= 4 is 27.4 Å². The summed E-state index contributed by atoms with van der Waals surface area (Å²) in [6.45, 7) is 0.860. The zero-order valence-electron chi connectivity index (χ0n) is 10.3. The van der Waals surface area contributed by atoms with Crippen LogP contribution in [0.4, 0.5) is 5.82 Å². The Bertz CT molecular complexity index is 678. The molecule has 0 amide bonds. The Kier molecular flexibility index (Phi) is 3.46. The van der Waals surface area contributed by atoms with Crippen LogP contribution in [0.5, 0.6) is 0 Å². The summed E-state index contributed by atoms with van der Waals surface area (Å²) >= 11 is 3.43. The summed E-state index contributed by atoms with van der Waals surface area (Å²) in [5, 5.41) is 7.50. The first-order chi connectivity index (χ1) is 9.33. The Hall–Kier alpha value is -1.88. The molecule has 0 unspecified atom stereocenters. The van der Waals surface area contributed by atoms with E-state index in [4.69, 9.17) is 0 Å². The molecule has 0 aliphatic heterocycles. The molecule has 0 fully saturated rings. The Labute approximate surface area is 119 Å². The number of rotatable bonds is 4. The lowest BCUT2D eigenvalue weighted by Gasteiger charge is -2.06. The number of hydrogen-bond acceptors (Lipinski definition) is 3. The number of anilines is 1. The monoisotopic (exact) mass is 316 g/mol. The van der Waals surface area contributed by atoms with Crippen molar-refractivity contribution < 1.29 is 0 Å². The second-order valence-electron chi connectivity index (χ2n) is 4.24. The number of halogens is 1. The van der Waals surface area contributed by atoms with Crippen molar-refractivity contribution in [2.75, 3.05) is 11.9 Å². The van der Waals surface area contributed by atoms with E-state index in [1.54, 1.807) is 10.7 Å². The van der Waals surface area contributed by atoms with Crippen LogP contribution in [0.1, 0.15) is 5.56 Å². The van der Waals surface area contributed by atoms with Crippen LogP contribution in [0, 0.1) is 0 Å². The number of nitrogens with zero attached hydrogens (tertiary/aromatic N) is 3. The van der Waals surface area contributed by atoms with Crippen molar-refractivity contribution in [2.45, 2.75) is 6.42 Å². The van der Waals surface area contributed by atoms with Crippen molar-refractivity contribution in [2.24, 2.45) is 0 Å². The number of aromatic nitrogens is 3. The van der Waals surface area contributed by atoms with Gasteiger partial charge in [0.1, 0.15) is 5.82 Å². The fourth-order valence-corrected chi connectivity index (χ4v) is 2.28. The van der Waals surface area contributed by atoms with Crippen LogP contribution in [0.3, 0.4) is 0 Å². The quantitative estimate of drug-likeness (QED) is 0.804. The van der Waals surface area contributed by atoms with Crippen molar-refractivity contribution in [3.8, 4) is 0 Å². The third-order valence-corrected chi connectivity index (χ3v) is 3.45. The maximum absolute atomic E-state index is 4.51. The largest absolute Gasteiger partial charge is 0.370 e. The summed E-state index contributed by atoms with van der Waals surface area (Å²) in [7, 11) is 0. The van der Waals surface area contributed by atoms with Gasteiger partial charge >= 0.3 is 0 Å². The Morgan fingerprint density at radius 3 is 2.84 bits per heavy atom. The highest BCUT2D eigenvalue weighted by molar-refractivity contribution is 9.10. The van der Waals surface area contributed by atoms with Crippen LogP contribution in [-0.4, -0.2) is 21.1 Å². The number of fused-ring (bicyclic) bond motifs is 1. The minimum atomic E-state index is 0.824. The summed E-state index contributed by atoms with van der Waals surface area (Å²) in [5.41, 5.74) is 2.14. The summed E-state index contributed by atoms with van der Waals surface area (Å²) in [4.78, 5) is 4.51. The van der Waals surface area contributed by atoms with Gasteiger partial charge in [-0.2, -0.15) is 5.10 Å². The maximum Gasteiger partial charge on any atom is 0.171 e. The average molecular weight is 317 g/mol. The van der Waals surface area contributed by atoms with E-state index in [-0.39, 0.29) is 0 Å². The van der Waals surface area contributed by atoms with E-state index in [1.807, 2.05) is 18.3 Å². The minimum absolute atomic E-state index is 0.824. The van der Waals surface area contributed by atoms with E-state index in [0.717, 1.165) is 28.9 Å². The molecular weight excluding hydrogens is 304 g/mol. The molecule has 2 heterocycles. The van der Waals surface area contributed by atoms with Gasteiger partial charge in [-0.05, 0) is 34.0 Å². The van der Waals surface area contributed by atoms with Crippen LogP contribution >= 0.6 is 15.9 Å². The summed E-state index contributed by atoms with van der Waals surface area (Å²) in [6, 6.07) is 12.3. The van der Waals surface area contributed by atoms with Crippen molar-refractivity contribution in [3.05, 3.63) is 58.8 Å². The molecule has 0 saturated carbocycles. The topological polar surface area (TPSA) is 42.2 Å².